The van der Waals surface area contributed by atoms with E-state index in [4.69, 9.17) is 4.74 Å². The molecule has 1 amide bonds. The lowest BCUT2D eigenvalue weighted by molar-refractivity contribution is -0.0236. The molecule has 0 radical (unpaired) electrons. The van der Waals surface area contributed by atoms with Gasteiger partial charge in [-0.3, -0.25) is 10.3 Å². The number of aliphatic hydroxyl groups is 1. The lowest BCUT2D eigenvalue weighted by atomic mass is 9.80. The molecule has 0 aliphatic heterocycles. The third-order valence-corrected chi connectivity index (χ3v) is 4.47. The standard InChI is InChI=1S/C21H34N4O3/c1-5-22-18(24-15-21(27)12-6-13-21)23-14-11-16-7-9-17(10-8-16)25-19(26)28-20(2,3)4/h7-10,27H,5-6,11-15H2,1-4H3,(H,25,26)(H2,22,23,24). The van der Waals surface area contributed by atoms with E-state index in [0.717, 1.165) is 50.3 Å². The van der Waals surface area contributed by atoms with E-state index in [1.807, 2.05) is 52.0 Å². The second-order valence-corrected chi connectivity index (χ2v) is 8.27. The number of anilines is 1. The first-order valence-corrected chi connectivity index (χ1v) is 10.0. The Morgan fingerprint density at radius 3 is 2.43 bits per heavy atom. The van der Waals surface area contributed by atoms with Gasteiger partial charge in [-0.25, -0.2) is 4.79 Å². The van der Waals surface area contributed by atoms with Crippen LogP contribution in [0.25, 0.3) is 0 Å². The van der Waals surface area contributed by atoms with Crippen molar-refractivity contribution in [3.05, 3.63) is 29.8 Å². The Bertz CT molecular complexity index is 661. The summed E-state index contributed by atoms with van der Waals surface area (Å²) in [4.78, 5) is 16.3. The number of rotatable bonds is 7. The van der Waals surface area contributed by atoms with Crippen molar-refractivity contribution in [2.75, 3.05) is 25.0 Å². The molecule has 0 spiro atoms. The van der Waals surface area contributed by atoms with Gasteiger partial charge in [-0.1, -0.05) is 12.1 Å². The number of hydrogen-bond donors (Lipinski definition) is 4. The van der Waals surface area contributed by atoms with Crippen LogP contribution in [0.1, 0.15) is 52.5 Å². The van der Waals surface area contributed by atoms with Gasteiger partial charge >= 0.3 is 6.09 Å². The quantitative estimate of drug-likeness (QED) is 0.424. The average Bonchev–Trinajstić information content (AvgIpc) is 2.58. The third-order valence-electron chi connectivity index (χ3n) is 4.47. The van der Waals surface area contributed by atoms with Gasteiger partial charge in [0.1, 0.15) is 5.60 Å². The lowest BCUT2D eigenvalue weighted by Crippen LogP contribution is -2.43. The van der Waals surface area contributed by atoms with Crippen LogP contribution in [0, 0.1) is 0 Å². The highest BCUT2D eigenvalue weighted by atomic mass is 16.6. The molecule has 7 heteroatoms. The highest BCUT2D eigenvalue weighted by Crippen LogP contribution is 2.31. The van der Waals surface area contributed by atoms with Gasteiger partial charge in [-0.15, -0.1) is 0 Å². The maximum atomic E-state index is 11.8. The zero-order chi connectivity index (χ0) is 20.6. The fourth-order valence-electron chi connectivity index (χ4n) is 2.81. The Labute approximate surface area is 168 Å². The summed E-state index contributed by atoms with van der Waals surface area (Å²) < 4.78 is 5.25. The first-order valence-electron chi connectivity index (χ1n) is 10.0. The van der Waals surface area contributed by atoms with E-state index in [9.17, 15) is 9.90 Å². The number of benzene rings is 1. The van der Waals surface area contributed by atoms with Gasteiger partial charge in [0.05, 0.1) is 12.1 Å². The number of nitrogens with one attached hydrogen (secondary N) is 3. The molecule has 0 bridgehead atoms. The molecular weight excluding hydrogens is 356 g/mol. The molecule has 1 aliphatic rings. The third kappa shape index (κ3) is 7.76. The minimum atomic E-state index is -0.612. The van der Waals surface area contributed by atoms with Crippen LogP contribution >= 0.6 is 0 Å². The molecule has 2 rings (SSSR count). The smallest absolute Gasteiger partial charge is 0.412 e. The number of amides is 1. The number of carbonyl (C=O) groups excluding carboxylic acids is 1. The Kier molecular flexibility index (Phi) is 7.69. The molecule has 0 heterocycles. The number of nitrogens with zero attached hydrogens (tertiary/aromatic N) is 1. The molecule has 0 aromatic heterocycles. The topological polar surface area (TPSA) is 95.0 Å². The molecular formula is C21H34N4O3. The maximum absolute atomic E-state index is 11.8. The summed E-state index contributed by atoms with van der Waals surface area (Å²) in [6, 6.07) is 7.69. The van der Waals surface area contributed by atoms with E-state index in [1.165, 1.54) is 0 Å². The fourth-order valence-corrected chi connectivity index (χ4v) is 2.81. The number of guanidine groups is 1. The summed E-state index contributed by atoms with van der Waals surface area (Å²) in [5.74, 6) is 0.728. The highest BCUT2D eigenvalue weighted by Gasteiger charge is 2.34. The summed E-state index contributed by atoms with van der Waals surface area (Å²) >= 11 is 0. The molecule has 4 N–H and O–H groups in total. The van der Waals surface area contributed by atoms with E-state index in [2.05, 4.69) is 20.9 Å². The van der Waals surface area contributed by atoms with Crippen LogP contribution < -0.4 is 16.0 Å². The second kappa shape index (κ2) is 9.78. The molecule has 156 valence electrons. The molecule has 7 nitrogen and oxygen atoms in total. The van der Waals surface area contributed by atoms with Crippen LogP contribution in [0.2, 0.25) is 0 Å². The van der Waals surface area contributed by atoms with Crippen molar-refractivity contribution >= 4 is 17.7 Å². The van der Waals surface area contributed by atoms with Gasteiger partial charge in [-0.05, 0) is 71.1 Å². The first kappa shape index (κ1) is 22.0. The van der Waals surface area contributed by atoms with Crippen LogP contribution in [-0.2, 0) is 11.2 Å². The summed E-state index contributed by atoms with van der Waals surface area (Å²) in [7, 11) is 0. The van der Waals surface area contributed by atoms with Crippen LogP contribution in [0.5, 0.6) is 0 Å². The van der Waals surface area contributed by atoms with Gasteiger partial charge in [0.25, 0.3) is 0 Å². The molecule has 1 aromatic carbocycles. The Morgan fingerprint density at radius 1 is 1.21 bits per heavy atom. The summed E-state index contributed by atoms with van der Waals surface area (Å²) in [6.45, 7) is 9.46. The van der Waals surface area contributed by atoms with E-state index < -0.39 is 17.3 Å². The zero-order valence-corrected chi connectivity index (χ0v) is 17.5. The summed E-state index contributed by atoms with van der Waals surface area (Å²) in [5, 5.41) is 19.4. The van der Waals surface area contributed by atoms with Crippen molar-refractivity contribution in [2.45, 2.75) is 64.6 Å². The molecule has 1 aliphatic carbocycles. The summed E-state index contributed by atoms with van der Waals surface area (Å²) in [6.07, 6.45) is 3.11. The van der Waals surface area contributed by atoms with Crippen molar-refractivity contribution < 1.29 is 14.6 Å². The van der Waals surface area contributed by atoms with Crippen LogP contribution in [-0.4, -0.2) is 48.0 Å². The average molecular weight is 391 g/mol. The predicted molar refractivity (Wildman–Crippen MR) is 113 cm³/mol. The first-order chi connectivity index (χ1) is 13.2. The van der Waals surface area contributed by atoms with Gasteiger partial charge < -0.3 is 20.5 Å². The van der Waals surface area contributed by atoms with Crippen molar-refractivity contribution in [1.29, 1.82) is 0 Å². The van der Waals surface area contributed by atoms with Crippen LogP contribution in [0.3, 0.4) is 0 Å². The number of ether oxygens (including phenoxy) is 1. The van der Waals surface area contributed by atoms with Crippen molar-refractivity contribution in [2.24, 2.45) is 4.99 Å². The van der Waals surface area contributed by atoms with Gasteiger partial charge in [0.2, 0.25) is 0 Å². The highest BCUT2D eigenvalue weighted by molar-refractivity contribution is 5.84. The maximum Gasteiger partial charge on any atom is 0.412 e. The zero-order valence-electron chi connectivity index (χ0n) is 17.5. The predicted octanol–water partition coefficient (Wildman–Crippen LogP) is 3.05. The Morgan fingerprint density at radius 2 is 1.89 bits per heavy atom. The normalized spacial score (nSPS) is 16.1. The largest absolute Gasteiger partial charge is 0.444 e. The Hall–Kier alpha value is -2.28. The number of aliphatic imine (C=N–C) groups is 1. The van der Waals surface area contributed by atoms with E-state index >= 15 is 0 Å². The van der Waals surface area contributed by atoms with E-state index in [1.54, 1.807) is 0 Å². The molecule has 0 unspecified atom stereocenters. The molecule has 0 saturated heterocycles. The molecule has 1 fully saturated rings. The van der Waals surface area contributed by atoms with Crippen molar-refractivity contribution in [3.63, 3.8) is 0 Å². The monoisotopic (exact) mass is 390 g/mol. The molecule has 0 atom stereocenters. The van der Waals surface area contributed by atoms with Crippen LogP contribution in [0.4, 0.5) is 10.5 Å². The van der Waals surface area contributed by atoms with Gasteiger partial charge in [-0.2, -0.15) is 0 Å². The second-order valence-electron chi connectivity index (χ2n) is 8.27. The lowest BCUT2D eigenvalue weighted by Gasteiger charge is -2.35. The van der Waals surface area contributed by atoms with Crippen molar-refractivity contribution in [1.82, 2.24) is 10.6 Å². The van der Waals surface area contributed by atoms with Crippen molar-refractivity contribution in [3.8, 4) is 0 Å². The molecule has 1 aromatic rings. The number of carbonyl (C=O) groups is 1. The minimum absolute atomic E-state index is 0.438. The molecule has 1 saturated carbocycles. The van der Waals surface area contributed by atoms with Crippen LogP contribution in [0.15, 0.2) is 29.3 Å². The Balaban J connectivity index is 1.78. The fraction of sp³-hybridized carbons (Fsp3) is 0.619. The SMILES string of the molecule is CCNC(=NCC1(O)CCC1)NCCc1ccc(NC(=O)OC(C)(C)C)cc1. The van der Waals surface area contributed by atoms with Gasteiger partial charge in [0.15, 0.2) is 5.96 Å². The van der Waals surface area contributed by atoms with E-state index in [0.29, 0.717) is 12.2 Å². The van der Waals surface area contributed by atoms with Gasteiger partial charge in [0, 0.05) is 18.8 Å². The minimum Gasteiger partial charge on any atom is -0.444 e. The van der Waals surface area contributed by atoms with E-state index in [-0.39, 0.29) is 0 Å². The number of hydrogen-bond acceptors (Lipinski definition) is 4. The summed E-state index contributed by atoms with van der Waals surface area (Å²) in [5.41, 5.74) is 0.722. The molecule has 28 heavy (non-hydrogen) atoms.